The molecule has 4 nitrogen and oxygen atoms in total. The summed E-state index contributed by atoms with van der Waals surface area (Å²) in [5.74, 6) is 7.58. The molecular weight excluding hydrogens is 1020 g/mol. The fourth-order valence-electron chi connectivity index (χ4n) is 8.75. The van der Waals surface area contributed by atoms with Gasteiger partial charge >= 0.3 is 159 Å². The van der Waals surface area contributed by atoms with E-state index in [0.29, 0.717) is 0 Å². The molecular formula is C58H57GeIrN3O-2. The Morgan fingerprint density at radius 1 is 0.766 bits per heavy atom. The minimum Gasteiger partial charge on any atom is 0 e. The Morgan fingerprint density at radius 2 is 1.47 bits per heavy atom. The Morgan fingerprint density at radius 3 is 2.19 bits per heavy atom. The Balaban J connectivity index is 0.000000189. The topological polar surface area (TPSA) is 43.9 Å². The Hall–Kier alpha value is -5.33. The SMILES string of the molecule is Cc1ccc2c(c1)oc1c(-c3nc4cc5ccccc5cc4n3-c3cccc4ccccc34)[c-]cc(C)c12.[2H]C(C)(c1cc(-c2[c-]ccc(C(C)(C)C)c2)nc[c]1[Ge]([CH3])([CH3])[CH3])C(C)C.[Ir]. The van der Waals surface area contributed by atoms with Crippen LogP contribution in [0.5, 0.6) is 0 Å². The monoisotopic (exact) mass is 1080 g/mol. The fraction of sp³-hybridized carbons (Fsp3) is 0.241. The van der Waals surface area contributed by atoms with Gasteiger partial charge in [0.15, 0.2) is 0 Å². The van der Waals surface area contributed by atoms with Crippen molar-refractivity contribution in [3.8, 4) is 28.3 Å². The number of rotatable bonds is 6. The van der Waals surface area contributed by atoms with E-state index in [0.717, 1.165) is 72.4 Å². The third-order valence-electron chi connectivity index (χ3n) is 12.6. The third-order valence-corrected chi connectivity index (χ3v) is 16.8. The minimum atomic E-state index is -2.13. The van der Waals surface area contributed by atoms with Gasteiger partial charge < -0.3 is 8.98 Å². The van der Waals surface area contributed by atoms with Gasteiger partial charge in [-0.15, -0.1) is 17.7 Å². The van der Waals surface area contributed by atoms with Crippen molar-refractivity contribution >= 4 is 72.2 Å². The van der Waals surface area contributed by atoms with Crippen LogP contribution in [0, 0.1) is 31.9 Å². The number of hydrogen-bond donors (Lipinski definition) is 0. The molecule has 64 heavy (non-hydrogen) atoms. The molecule has 3 aromatic heterocycles. The predicted octanol–water partition coefficient (Wildman–Crippen LogP) is 15.5. The number of aryl methyl sites for hydroxylation is 2. The molecule has 0 amide bonds. The van der Waals surface area contributed by atoms with Crippen LogP contribution in [0.1, 0.15) is 71.1 Å². The fourth-order valence-corrected chi connectivity index (χ4v) is 12.0. The number of fused-ring (bicyclic) bond motifs is 6. The van der Waals surface area contributed by atoms with Gasteiger partial charge in [-0.3, -0.25) is 4.98 Å². The van der Waals surface area contributed by atoms with E-state index in [-0.39, 0.29) is 31.4 Å². The van der Waals surface area contributed by atoms with E-state index in [4.69, 9.17) is 15.8 Å². The zero-order chi connectivity index (χ0) is 45.3. The molecule has 6 heteroatoms. The predicted molar refractivity (Wildman–Crippen MR) is 271 cm³/mol. The number of benzene rings is 7. The Bertz CT molecular complexity index is 3400. The summed E-state index contributed by atoms with van der Waals surface area (Å²) in [6, 6.07) is 51.7. The molecule has 0 aliphatic heterocycles. The quantitative estimate of drug-likeness (QED) is 0.123. The Labute approximate surface area is 396 Å². The maximum Gasteiger partial charge on any atom is 0 e. The number of aromatic nitrogens is 3. The molecule has 0 bridgehead atoms. The first-order chi connectivity index (χ1) is 30.4. The first-order valence-corrected chi connectivity index (χ1v) is 29.5. The zero-order valence-corrected chi connectivity index (χ0v) is 43.4. The average molecular weight is 1080 g/mol. The van der Waals surface area contributed by atoms with Gasteiger partial charge in [0, 0.05) is 36.6 Å². The first-order valence-electron chi connectivity index (χ1n) is 22.7. The van der Waals surface area contributed by atoms with Crippen LogP contribution < -0.4 is 4.40 Å². The van der Waals surface area contributed by atoms with Crippen LogP contribution >= 0.6 is 0 Å². The second-order valence-electron chi connectivity index (χ2n) is 19.6. The van der Waals surface area contributed by atoms with Gasteiger partial charge in [0.2, 0.25) is 0 Å². The first kappa shape index (κ1) is 43.9. The molecule has 1 radical (unpaired) electrons. The molecule has 10 rings (SSSR count). The van der Waals surface area contributed by atoms with Crippen molar-refractivity contribution in [1.29, 1.82) is 0 Å². The smallest absolute Gasteiger partial charge is 0 e. The molecule has 0 N–H and O–H groups in total. The minimum absolute atomic E-state index is 0. The van der Waals surface area contributed by atoms with E-state index in [9.17, 15) is 0 Å². The van der Waals surface area contributed by atoms with E-state index in [2.05, 4.69) is 210 Å². The molecule has 0 aliphatic carbocycles. The average Bonchev–Trinajstić information content (AvgIpc) is 3.83. The molecule has 1 unspecified atom stereocenters. The van der Waals surface area contributed by atoms with Gasteiger partial charge in [-0.1, -0.05) is 90.7 Å². The zero-order valence-electron chi connectivity index (χ0n) is 39.9. The third kappa shape index (κ3) is 8.51. The van der Waals surface area contributed by atoms with Crippen LogP contribution in [0.3, 0.4) is 0 Å². The van der Waals surface area contributed by atoms with Crippen molar-refractivity contribution in [1.82, 2.24) is 14.5 Å². The van der Waals surface area contributed by atoms with Crippen LogP contribution in [0.25, 0.3) is 82.8 Å². The summed E-state index contributed by atoms with van der Waals surface area (Å²) in [6.45, 7) is 17.2. The summed E-state index contributed by atoms with van der Waals surface area (Å²) in [5.41, 5.74) is 12.5. The van der Waals surface area contributed by atoms with Gasteiger partial charge in [-0.2, -0.15) is 0 Å². The standard InChI is InChI=1S/C35H23N2O.C23H34GeN.Ir/c1-21-14-16-27-32(18-21)38-34-28(17-15-22(2)33(27)34)35-36-29-19-24-9-3-4-10-25(24)20-31(29)37(35)30-13-7-11-23-8-5-6-12-26(23)30;1-16(2)17(3)20-14-22(25-15-21(20)24(7,8)9)18-11-10-12-19(13-18)23(4,5)6;/h3-16,18-20H,1-2H3;10,12-17H,1-9H3;/q2*-1;/i;17D;. The van der Waals surface area contributed by atoms with E-state index < -0.39 is 19.2 Å². The van der Waals surface area contributed by atoms with Crippen LogP contribution in [0.15, 0.2) is 138 Å². The molecule has 1 atom stereocenters. The van der Waals surface area contributed by atoms with Crippen molar-refractivity contribution in [2.24, 2.45) is 5.92 Å². The summed E-state index contributed by atoms with van der Waals surface area (Å²) in [7, 11) is 0. The summed E-state index contributed by atoms with van der Waals surface area (Å²) in [5, 5.41) is 6.96. The van der Waals surface area contributed by atoms with Crippen molar-refractivity contribution < 1.29 is 25.9 Å². The summed E-state index contributed by atoms with van der Waals surface area (Å²) in [4.78, 5) is 10.1. The van der Waals surface area contributed by atoms with Crippen LogP contribution in [-0.2, 0) is 25.5 Å². The number of nitrogens with zero attached hydrogens (tertiary/aromatic N) is 3. The van der Waals surface area contributed by atoms with Crippen molar-refractivity contribution in [3.05, 3.63) is 168 Å². The molecule has 7 aromatic carbocycles. The molecule has 0 saturated heterocycles. The van der Waals surface area contributed by atoms with Crippen molar-refractivity contribution in [2.45, 2.75) is 84.0 Å². The van der Waals surface area contributed by atoms with Crippen LogP contribution in [-0.4, -0.2) is 27.8 Å². The van der Waals surface area contributed by atoms with E-state index >= 15 is 0 Å². The molecule has 0 saturated carbocycles. The second kappa shape index (κ2) is 17.6. The van der Waals surface area contributed by atoms with Crippen molar-refractivity contribution in [3.63, 3.8) is 0 Å². The van der Waals surface area contributed by atoms with E-state index in [1.54, 1.807) is 0 Å². The van der Waals surface area contributed by atoms with E-state index in [1.807, 2.05) is 13.0 Å². The number of hydrogen-bond acceptors (Lipinski definition) is 3. The van der Waals surface area contributed by atoms with Gasteiger partial charge in [-0.05, 0) is 52.9 Å². The summed E-state index contributed by atoms with van der Waals surface area (Å²) in [6.07, 6.45) is 2.05. The van der Waals surface area contributed by atoms with Crippen LogP contribution in [0.4, 0.5) is 0 Å². The number of imidazole rings is 1. The maximum absolute atomic E-state index is 9.04. The summed E-state index contributed by atoms with van der Waals surface area (Å²) < 4.78 is 19.2. The van der Waals surface area contributed by atoms with Gasteiger partial charge in [0.1, 0.15) is 5.58 Å². The Kier molecular flexibility index (Phi) is 12.1. The molecule has 0 spiro atoms. The largest absolute Gasteiger partial charge is 0 e. The van der Waals surface area contributed by atoms with Gasteiger partial charge in [-0.25, -0.2) is 0 Å². The molecule has 10 aromatic rings. The van der Waals surface area contributed by atoms with Gasteiger partial charge in [0.05, 0.1) is 22.4 Å². The van der Waals surface area contributed by atoms with Gasteiger partial charge in [0.25, 0.3) is 0 Å². The number of pyridine rings is 1. The number of furan rings is 1. The molecule has 325 valence electrons. The normalized spacial score (nSPS) is 13.3. The molecule has 0 fully saturated rings. The van der Waals surface area contributed by atoms with E-state index in [1.165, 1.54) is 37.1 Å². The molecule has 0 aliphatic rings. The molecule has 3 heterocycles. The second-order valence-corrected chi connectivity index (χ2v) is 30.1. The van der Waals surface area contributed by atoms with Crippen molar-refractivity contribution in [2.75, 3.05) is 0 Å². The summed E-state index contributed by atoms with van der Waals surface area (Å²) >= 11 is -2.13. The maximum atomic E-state index is 9.04. The van der Waals surface area contributed by atoms with Crippen LogP contribution in [0.2, 0.25) is 17.3 Å².